The number of benzene rings is 1. The van der Waals surface area contributed by atoms with Gasteiger partial charge in [-0.15, -0.1) is 0 Å². The lowest BCUT2D eigenvalue weighted by Gasteiger charge is -2.34. The first-order chi connectivity index (χ1) is 10.7. The summed E-state index contributed by atoms with van der Waals surface area (Å²) in [5.74, 6) is -1.09. The van der Waals surface area contributed by atoms with Gasteiger partial charge in [-0.1, -0.05) is 26.0 Å². The molecule has 1 aliphatic carbocycles. The number of fused-ring (bicyclic) bond motifs is 2. The maximum Gasteiger partial charge on any atom is 0.313 e. The van der Waals surface area contributed by atoms with E-state index in [9.17, 15) is 14.0 Å². The summed E-state index contributed by atoms with van der Waals surface area (Å²) in [6, 6.07) is 5.73. The highest BCUT2D eigenvalue weighted by atomic mass is 19.1. The maximum atomic E-state index is 12.8. The standard InChI is InChI=1S/C17H19FN2O3/c1-15(2)16(3)8-9-17(15,23-14(16)22)13(21)20-19-10-11-4-6-12(18)7-5-11/h4-7,10H,8-9H2,1-3H3,(H,20,21)/b19-10+. The van der Waals surface area contributed by atoms with Gasteiger partial charge in [0, 0.05) is 5.41 Å². The zero-order valence-corrected chi connectivity index (χ0v) is 13.4. The van der Waals surface area contributed by atoms with Gasteiger partial charge in [0.25, 0.3) is 5.91 Å². The van der Waals surface area contributed by atoms with Crippen LogP contribution in [0.1, 0.15) is 39.2 Å². The van der Waals surface area contributed by atoms with Crippen molar-refractivity contribution in [2.75, 3.05) is 0 Å². The summed E-state index contributed by atoms with van der Waals surface area (Å²) in [6.07, 6.45) is 2.53. The first kappa shape index (κ1) is 15.6. The second kappa shape index (κ2) is 4.88. The van der Waals surface area contributed by atoms with Gasteiger partial charge in [0.05, 0.1) is 11.6 Å². The van der Waals surface area contributed by atoms with Crippen LogP contribution in [0.15, 0.2) is 29.4 Å². The van der Waals surface area contributed by atoms with E-state index in [1.807, 2.05) is 20.8 Å². The van der Waals surface area contributed by atoms with E-state index in [0.29, 0.717) is 18.4 Å². The van der Waals surface area contributed by atoms with E-state index in [4.69, 9.17) is 4.74 Å². The minimum absolute atomic E-state index is 0.327. The van der Waals surface area contributed by atoms with Crippen LogP contribution in [0.3, 0.4) is 0 Å². The van der Waals surface area contributed by atoms with Gasteiger partial charge in [-0.2, -0.15) is 5.10 Å². The van der Waals surface area contributed by atoms with Crippen molar-refractivity contribution in [2.45, 2.75) is 39.2 Å². The molecule has 0 aromatic heterocycles. The third-order valence-electron chi connectivity index (χ3n) is 5.70. The smallest absolute Gasteiger partial charge is 0.313 e. The molecule has 1 aliphatic heterocycles. The molecule has 1 aromatic carbocycles. The molecule has 1 aromatic rings. The zero-order valence-electron chi connectivity index (χ0n) is 13.4. The third-order valence-corrected chi connectivity index (χ3v) is 5.70. The fourth-order valence-corrected chi connectivity index (χ4v) is 3.55. The number of hydrazone groups is 1. The minimum atomic E-state index is -1.18. The number of hydrogen-bond acceptors (Lipinski definition) is 4. The Kier molecular flexibility index (Phi) is 3.32. The Morgan fingerprint density at radius 3 is 2.43 bits per heavy atom. The summed E-state index contributed by atoms with van der Waals surface area (Å²) >= 11 is 0. The van der Waals surface area contributed by atoms with Gasteiger partial charge in [-0.3, -0.25) is 9.59 Å². The van der Waals surface area contributed by atoms with Crippen molar-refractivity contribution in [1.82, 2.24) is 5.43 Å². The summed E-state index contributed by atoms with van der Waals surface area (Å²) in [4.78, 5) is 24.7. The van der Waals surface area contributed by atoms with Gasteiger partial charge in [-0.05, 0) is 37.5 Å². The average Bonchev–Trinajstić information content (AvgIpc) is 2.79. The molecule has 2 bridgehead atoms. The van der Waals surface area contributed by atoms with E-state index in [2.05, 4.69) is 10.5 Å². The number of nitrogens with zero attached hydrogens (tertiary/aromatic N) is 1. The number of esters is 1. The molecule has 0 spiro atoms. The number of carbonyl (C=O) groups is 2. The Morgan fingerprint density at radius 2 is 1.91 bits per heavy atom. The normalized spacial score (nSPS) is 31.4. The van der Waals surface area contributed by atoms with Crippen LogP contribution >= 0.6 is 0 Å². The molecule has 1 saturated carbocycles. The number of halogens is 1. The molecule has 1 amide bonds. The zero-order chi connectivity index (χ0) is 16.9. The predicted molar refractivity (Wildman–Crippen MR) is 82.1 cm³/mol. The van der Waals surface area contributed by atoms with Gasteiger partial charge in [0.15, 0.2) is 5.60 Å². The first-order valence-corrected chi connectivity index (χ1v) is 7.55. The number of amides is 1. The molecule has 2 unspecified atom stereocenters. The van der Waals surface area contributed by atoms with E-state index in [-0.39, 0.29) is 11.8 Å². The highest BCUT2D eigenvalue weighted by molar-refractivity contribution is 5.96. The second-order valence-electron chi connectivity index (χ2n) is 6.92. The van der Waals surface area contributed by atoms with Crippen LogP contribution in [0.25, 0.3) is 0 Å². The summed E-state index contributed by atoms with van der Waals surface area (Å²) in [7, 11) is 0. The van der Waals surface area contributed by atoms with Crippen molar-refractivity contribution < 1.29 is 18.7 Å². The van der Waals surface area contributed by atoms with Crippen molar-refractivity contribution in [3.63, 3.8) is 0 Å². The highest BCUT2D eigenvalue weighted by Gasteiger charge is 2.75. The van der Waals surface area contributed by atoms with Crippen LogP contribution in [0.2, 0.25) is 0 Å². The Balaban J connectivity index is 1.76. The average molecular weight is 318 g/mol. The van der Waals surface area contributed by atoms with Crippen LogP contribution in [0.4, 0.5) is 4.39 Å². The van der Waals surface area contributed by atoms with E-state index < -0.39 is 22.3 Å². The molecule has 2 aliphatic rings. The molecule has 2 fully saturated rings. The molecule has 23 heavy (non-hydrogen) atoms. The monoisotopic (exact) mass is 318 g/mol. The molecule has 122 valence electrons. The fraction of sp³-hybridized carbons (Fsp3) is 0.471. The van der Waals surface area contributed by atoms with Crippen LogP contribution in [0, 0.1) is 16.6 Å². The van der Waals surface area contributed by atoms with Gasteiger partial charge in [0.1, 0.15) is 5.82 Å². The molecule has 5 nitrogen and oxygen atoms in total. The molecule has 1 N–H and O–H groups in total. The van der Waals surface area contributed by atoms with Crippen molar-refractivity contribution in [1.29, 1.82) is 0 Å². The molecule has 1 saturated heterocycles. The molecule has 0 radical (unpaired) electrons. The van der Waals surface area contributed by atoms with Gasteiger partial charge in [-0.25, -0.2) is 9.82 Å². The highest BCUT2D eigenvalue weighted by Crippen LogP contribution is 2.65. The molecular weight excluding hydrogens is 299 g/mol. The van der Waals surface area contributed by atoms with E-state index in [1.165, 1.54) is 18.3 Å². The van der Waals surface area contributed by atoms with Crippen LogP contribution in [0.5, 0.6) is 0 Å². The van der Waals surface area contributed by atoms with E-state index >= 15 is 0 Å². The van der Waals surface area contributed by atoms with Crippen molar-refractivity contribution in [3.8, 4) is 0 Å². The van der Waals surface area contributed by atoms with Gasteiger partial charge < -0.3 is 4.74 Å². The van der Waals surface area contributed by atoms with Gasteiger partial charge >= 0.3 is 5.97 Å². The van der Waals surface area contributed by atoms with Crippen molar-refractivity contribution in [3.05, 3.63) is 35.6 Å². The number of ether oxygens (including phenoxy) is 1. The predicted octanol–water partition coefficient (Wildman–Crippen LogP) is 2.40. The van der Waals surface area contributed by atoms with Gasteiger partial charge in [0.2, 0.25) is 0 Å². The Morgan fingerprint density at radius 1 is 1.26 bits per heavy atom. The molecule has 2 atom stereocenters. The fourth-order valence-electron chi connectivity index (χ4n) is 3.55. The number of hydrogen-bond donors (Lipinski definition) is 1. The number of carbonyl (C=O) groups excluding carboxylic acids is 2. The second-order valence-corrected chi connectivity index (χ2v) is 6.92. The Labute approximate surface area is 133 Å². The number of nitrogens with one attached hydrogen (secondary N) is 1. The Hall–Kier alpha value is -2.24. The lowest BCUT2D eigenvalue weighted by atomic mass is 9.66. The lowest BCUT2D eigenvalue weighted by molar-refractivity contribution is -0.168. The van der Waals surface area contributed by atoms with E-state index in [1.54, 1.807) is 12.1 Å². The molecule has 6 heteroatoms. The third kappa shape index (κ3) is 2.00. The van der Waals surface area contributed by atoms with E-state index in [0.717, 1.165) is 0 Å². The molecule has 1 heterocycles. The lowest BCUT2D eigenvalue weighted by Crippen LogP contribution is -2.52. The SMILES string of the molecule is CC12CCC(C(=O)N/N=C/c3ccc(F)cc3)(OC1=O)C2(C)C. The first-order valence-electron chi connectivity index (χ1n) is 7.55. The minimum Gasteiger partial charge on any atom is -0.448 e. The summed E-state index contributed by atoms with van der Waals surface area (Å²) < 4.78 is 18.3. The summed E-state index contributed by atoms with van der Waals surface area (Å²) in [5, 5.41) is 3.90. The largest absolute Gasteiger partial charge is 0.448 e. The summed E-state index contributed by atoms with van der Waals surface area (Å²) in [5.41, 5.74) is 0.681. The quantitative estimate of drug-likeness (QED) is 0.528. The maximum absolute atomic E-state index is 12.8. The van der Waals surface area contributed by atoms with Crippen LogP contribution in [-0.2, 0) is 14.3 Å². The Bertz CT molecular complexity index is 698. The topological polar surface area (TPSA) is 67.8 Å². The van der Waals surface area contributed by atoms with Crippen molar-refractivity contribution in [2.24, 2.45) is 15.9 Å². The van der Waals surface area contributed by atoms with Crippen molar-refractivity contribution >= 4 is 18.1 Å². The van der Waals surface area contributed by atoms with Crippen LogP contribution in [-0.4, -0.2) is 23.7 Å². The molecule has 3 rings (SSSR count). The molecular formula is C17H19FN2O3. The summed E-state index contributed by atoms with van der Waals surface area (Å²) in [6.45, 7) is 5.61. The number of rotatable bonds is 3. The van der Waals surface area contributed by atoms with Crippen LogP contribution < -0.4 is 5.43 Å².